The fourth-order valence-corrected chi connectivity index (χ4v) is 1.96. The van der Waals surface area contributed by atoms with Gasteiger partial charge in [-0.3, -0.25) is 19.7 Å². The van der Waals surface area contributed by atoms with Crippen LogP contribution < -0.4 is 10.6 Å². The zero-order chi connectivity index (χ0) is 13.4. The second kappa shape index (κ2) is 4.20. The fourth-order valence-electron chi connectivity index (χ4n) is 1.96. The summed E-state index contributed by atoms with van der Waals surface area (Å²) in [6.07, 6.45) is -0.0369. The van der Waals surface area contributed by atoms with Crippen molar-refractivity contribution in [1.82, 2.24) is 20.6 Å². The van der Waals surface area contributed by atoms with Gasteiger partial charge in [-0.1, -0.05) is 12.1 Å². The molecule has 2 heterocycles. The summed E-state index contributed by atoms with van der Waals surface area (Å²) in [5, 5.41) is 4.60. The van der Waals surface area contributed by atoms with Gasteiger partial charge >= 0.3 is 0 Å². The van der Waals surface area contributed by atoms with Crippen molar-refractivity contribution in [1.29, 1.82) is 0 Å². The van der Waals surface area contributed by atoms with Crippen LogP contribution >= 0.6 is 0 Å². The van der Waals surface area contributed by atoms with Gasteiger partial charge in [-0.05, 0) is 12.1 Å². The molecular weight excluding hydrogens is 248 g/mol. The number of carbonyl (C=O) groups is 3. The molecule has 0 aliphatic carbocycles. The highest BCUT2D eigenvalue weighted by Gasteiger charge is 2.32. The normalized spacial score (nSPS) is 18.6. The maximum absolute atomic E-state index is 11.9. The number of imide groups is 1. The Morgan fingerprint density at radius 2 is 2.11 bits per heavy atom. The zero-order valence-electron chi connectivity index (χ0n) is 9.77. The summed E-state index contributed by atoms with van der Waals surface area (Å²) in [7, 11) is 0. The van der Waals surface area contributed by atoms with Crippen molar-refractivity contribution in [2.45, 2.75) is 12.5 Å². The number of H-pyrrole nitrogens is 1. The van der Waals surface area contributed by atoms with Gasteiger partial charge in [0.15, 0.2) is 5.82 Å². The molecule has 0 spiro atoms. The van der Waals surface area contributed by atoms with Gasteiger partial charge in [-0.25, -0.2) is 4.98 Å². The highest BCUT2D eigenvalue weighted by atomic mass is 16.2. The van der Waals surface area contributed by atoms with E-state index in [4.69, 9.17) is 0 Å². The van der Waals surface area contributed by atoms with Gasteiger partial charge in [-0.2, -0.15) is 0 Å². The summed E-state index contributed by atoms with van der Waals surface area (Å²) in [6, 6.07) is 6.38. The van der Waals surface area contributed by atoms with Crippen molar-refractivity contribution >= 4 is 28.8 Å². The minimum absolute atomic E-state index is 0.0369. The Hall–Kier alpha value is -2.70. The van der Waals surface area contributed by atoms with Gasteiger partial charge in [0, 0.05) is 0 Å². The number of hydrogen-bond acceptors (Lipinski definition) is 4. The van der Waals surface area contributed by atoms with Gasteiger partial charge in [0.1, 0.15) is 6.04 Å². The van der Waals surface area contributed by atoms with Crippen LogP contribution in [0.4, 0.5) is 0 Å². The third kappa shape index (κ3) is 2.05. The molecule has 1 fully saturated rings. The number of rotatable bonds is 2. The van der Waals surface area contributed by atoms with Crippen LogP contribution in [-0.4, -0.2) is 33.7 Å². The number of aromatic nitrogens is 2. The Morgan fingerprint density at radius 3 is 2.79 bits per heavy atom. The SMILES string of the molecule is O=C1CC(NC(=O)c2nc3ccccc3[nH]2)C(=O)N1. The first-order valence-corrected chi connectivity index (χ1v) is 5.73. The van der Waals surface area contributed by atoms with E-state index >= 15 is 0 Å². The third-order valence-electron chi connectivity index (χ3n) is 2.88. The Kier molecular flexibility index (Phi) is 2.52. The molecule has 0 bridgehead atoms. The van der Waals surface area contributed by atoms with E-state index in [9.17, 15) is 14.4 Å². The van der Waals surface area contributed by atoms with Gasteiger partial charge < -0.3 is 10.3 Å². The minimum Gasteiger partial charge on any atom is -0.337 e. The quantitative estimate of drug-likeness (QED) is 0.644. The summed E-state index contributed by atoms with van der Waals surface area (Å²) < 4.78 is 0. The monoisotopic (exact) mass is 258 g/mol. The number of benzene rings is 1. The predicted octanol–water partition coefficient (Wildman–Crippen LogP) is -0.292. The zero-order valence-corrected chi connectivity index (χ0v) is 9.77. The van der Waals surface area contributed by atoms with Crippen LogP contribution in [0.3, 0.4) is 0 Å². The maximum Gasteiger partial charge on any atom is 0.287 e. The summed E-state index contributed by atoms with van der Waals surface area (Å²) >= 11 is 0. The molecule has 1 aliphatic heterocycles. The Bertz CT molecular complexity index is 658. The molecule has 96 valence electrons. The number of para-hydroxylation sites is 2. The van der Waals surface area contributed by atoms with E-state index in [1.165, 1.54) is 0 Å². The number of carbonyl (C=O) groups excluding carboxylic acids is 3. The highest BCUT2D eigenvalue weighted by Crippen LogP contribution is 2.10. The smallest absolute Gasteiger partial charge is 0.287 e. The summed E-state index contributed by atoms with van der Waals surface area (Å²) in [6.45, 7) is 0. The largest absolute Gasteiger partial charge is 0.337 e. The first kappa shape index (κ1) is 11.4. The molecular formula is C12H10N4O3. The Balaban J connectivity index is 1.80. The number of nitrogens with one attached hydrogen (secondary N) is 3. The number of hydrogen-bond donors (Lipinski definition) is 3. The van der Waals surface area contributed by atoms with Crippen LogP contribution in [0, 0.1) is 0 Å². The highest BCUT2D eigenvalue weighted by molar-refractivity contribution is 6.08. The molecule has 1 unspecified atom stereocenters. The molecule has 1 aliphatic rings. The number of amides is 3. The number of imidazole rings is 1. The van der Waals surface area contributed by atoms with E-state index in [-0.39, 0.29) is 18.2 Å². The molecule has 1 aromatic carbocycles. The standard InChI is InChI=1S/C12H10N4O3/c17-9-5-8(11(18)16-9)15-12(19)10-13-6-3-1-2-4-7(6)14-10/h1-4,8H,5H2,(H,13,14)(H,15,19)(H,16,17,18). The number of aromatic amines is 1. The molecule has 19 heavy (non-hydrogen) atoms. The Morgan fingerprint density at radius 1 is 1.32 bits per heavy atom. The van der Waals surface area contributed by atoms with Gasteiger partial charge in [0.05, 0.1) is 17.5 Å². The van der Waals surface area contributed by atoms with Crippen molar-refractivity contribution in [3.8, 4) is 0 Å². The molecule has 2 aromatic rings. The lowest BCUT2D eigenvalue weighted by Gasteiger charge is -2.06. The maximum atomic E-state index is 11.9. The molecule has 7 nitrogen and oxygen atoms in total. The van der Waals surface area contributed by atoms with E-state index in [2.05, 4.69) is 20.6 Å². The summed E-state index contributed by atoms with van der Waals surface area (Å²) in [5.74, 6) is -1.27. The van der Waals surface area contributed by atoms with Crippen LogP contribution in [0.2, 0.25) is 0 Å². The summed E-state index contributed by atoms with van der Waals surface area (Å²) in [5.41, 5.74) is 1.40. The molecule has 1 atom stereocenters. The van der Waals surface area contributed by atoms with Crippen molar-refractivity contribution in [3.63, 3.8) is 0 Å². The number of nitrogens with zero attached hydrogens (tertiary/aromatic N) is 1. The van der Waals surface area contributed by atoms with E-state index in [1.54, 1.807) is 12.1 Å². The Labute approximate surface area is 107 Å². The van der Waals surface area contributed by atoms with Crippen molar-refractivity contribution < 1.29 is 14.4 Å². The van der Waals surface area contributed by atoms with Gasteiger partial charge in [0.25, 0.3) is 5.91 Å². The van der Waals surface area contributed by atoms with Crippen molar-refractivity contribution in [2.75, 3.05) is 0 Å². The van der Waals surface area contributed by atoms with Crippen molar-refractivity contribution in [3.05, 3.63) is 30.1 Å². The average molecular weight is 258 g/mol. The lowest BCUT2D eigenvalue weighted by molar-refractivity contribution is -0.125. The van der Waals surface area contributed by atoms with Crippen molar-refractivity contribution in [2.24, 2.45) is 0 Å². The molecule has 1 aromatic heterocycles. The molecule has 7 heteroatoms. The molecule has 3 rings (SSSR count). The molecule has 3 N–H and O–H groups in total. The minimum atomic E-state index is -0.826. The van der Waals surface area contributed by atoms with E-state index in [1.807, 2.05) is 12.1 Å². The van der Waals surface area contributed by atoms with Gasteiger partial charge in [0.2, 0.25) is 11.8 Å². The second-order valence-corrected chi connectivity index (χ2v) is 4.25. The lowest BCUT2D eigenvalue weighted by Crippen LogP contribution is -2.40. The fraction of sp³-hybridized carbons (Fsp3) is 0.167. The van der Waals surface area contributed by atoms with Crippen LogP contribution in [-0.2, 0) is 9.59 Å². The topological polar surface area (TPSA) is 104 Å². The molecule has 0 radical (unpaired) electrons. The first-order valence-electron chi connectivity index (χ1n) is 5.73. The van der Waals surface area contributed by atoms with Gasteiger partial charge in [-0.15, -0.1) is 0 Å². The van der Waals surface area contributed by atoms with E-state index in [0.717, 1.165) is 5.52 Å². The van der Waals surface area contributed by atoms with Crippen LogP contribution in [0.1, 0.15) is 17.0 Å². The van der Waals surface area contributed by atoms with E-state index < -0.39 is 17.9 Å². The van der Waals surface area contributed by atoms with Crippen LogP contribution in [0.5, 0.6) is 0 Å². The molecule has 3 amide bonds. The number of fused-ring (bicyclic) bond motifs is 1. The van der Waals surface area contributed by atoms with E-state index in [0.29, 0.717) is 5.52 Å². The molecule has 1 saturated heterocycles. The second-order valence-electron chi connectivity index (χ2n) is 4.25. The average Bonchev–Trinajstić information content (AvgIpc) is 2.93. The predicted molar refractivity (Wildman–Crippen MR) is 65.1 cm³/mol. The van der Waals surface area contributed by atoms with Crippen LogP contribution in [0.25, 0.3) is 11.0 Å². The van der Waals surface area contributed by atoms with Crippen LogP contribution in [0.15, 0.2) is 24.3 Å². The lowest BCUT2D eigenvalue weighted by atomic mass is 10.2. The first-order chi connectivity index (χ1) is 9.13. The summed E-state index contributed by atoms with van der Waals surface area (Å²) in [4.78, 5) is 41.3. The third-order valence-corrected chi connectivity index (χ3v) is 2.88. The molecule has 0 saturated carbocycles.